The van der Waals surface area contributed by atoms with Crippen molar-refractivity contribution in [3.63, 3.8) is 0 Å². The predicted molar refractivity (Wildman–Crippen MR) is 92.3 cm³/mol. The Bertz CT molecular complexity index is 449. The summed E-state index contributed by atoms with van der Waals surface area (Å²) in [5.74, 6) is 4.99. The van der Waals surface area contributed by atoms with Crippen LogP contribution >= 0.6 is 11.9 Å². The summed E-state index contributed by atoms with van der Waals surface area (Å²) < 4.78 is 1.19. The van der Waals surface area contributed by atoms with E-state index < -0.39 is 5.97 Å². The van der Waals surface area contributed by atoms with Gasteiger partial charge in [0.2, 0.25) is 5.96 Å². The second-order valence-electron chi connectivity index (χ2n) is 4.75. The fourth-order valence-electron chi connectivity index (χ4n) is 1.69. The molecule has 7 nitrogen and oxygen atoms in total. The molecule has 0 unspecified atom stereocenters. The molecule has 0 heterocycles. The molecule has 0 radical (unpaired) electrons. The third kappa shape index (κ3) is 10.9. The first kappa shape index (κ1) is 20.2. The summed E-state index contributed by atoms with van der Waals surface area (Å²) in [5.41, 5.74) is 6.53. The predicted octanol–water partition coefficient (Wildman–Crippen LogP) is 2.62. The van der Waals surface area contributed by atoms with E-state index in [9.17, 15) is 4.79 Å². The van der Waals surface area contributed by atoms with Crippen LogP contribution in [0.25, 0.3) is 0 Å². The van der Waals surface area contributed by atoms with Crippen LogP contribution in [-0.4, -0.2) is 27.8 Å². The molecule has 0 spiro atoms. The van der Waals surface area contributed by atoms with Crippen LogP contribution in [0.4, 0.5) is 0 Å². The van der Waals surface area contributed by atoms with Crippen LogP contribution in [0.1, 0.15) is 45.4 Å². The number of allylic oxidation sites excluding steroid dienone is 3. The smallest absolute Gasteiger partial charge is 0.303 e. The molecule has 0 aromatic carbocycles. The molecule has 0 saturated carbocycles. The van der Waals surface area contributed by atoms with Crippen LogP contribution in [0, 0.1) is 5.41 Å². The second kappa shape index (κ2) is 11.8. The summed E-state index contributed by atoms with van der Waals surface area (Å²) in [6, 6.07) is 0. The first-order valence-corrected chi connectivity index (χ1v) is 7.77. The van der Waals surface area contributed by atoms with Gasteiger partial charge in [-0.2, -0.15) is 0 Å². The fourth-order valence-corrected chi connectivity index (χ4v) is 2.36. The van der Waals surface area contributed by atoms with E-state index in [1.54, 1.807) is 0 Å². The van der Waals surface area contributed by atoms with Gasteiger partial charge in [-0.25, -0.2) is 15.2 Å². The molecule has 0 fully saturated rings. The van der Waals surface area contributed by atoms with Crippen molar-refractivity contribution in [3.8, 4) is 0 Å². The Kier molecular flexibility index (Phi) is 10.8. The summed E-state index contributed by atoms with van der Waals surface area (Å²) in [6.45, 7) is 5.88. The van der Waals surface area contributed by atoms with Crippen LogP contribution in [0.5, 0.6) is 0 Å². The van der Waals surface area contributed by atoms with Crippen LogP contribution in [0.15, 0.2) is 28.1 Å². The first-order valence-electron chi connectivity index (χ1n) is 6.99. The molecule has 0 aliphatic carbocycles. The fraction of sp³-hybridized carbons (Fsp3) is 0.500. The largest absolute Gasteiger partial charge is 0.481 e. The van der Waals surface area contributed by atoms with Gasteiger partial charge in [0.15, 0.2) is 0 Å². The van der Waals surface area contributed by atoms with Crippen LogP contribution < -0.4 is 11.6 Å². The van der Waals surface area contributed by atoms with Gasteiger partial charge in [-0.15, -0.1) is 0 Å². The van der Waals surface area contributed by atoms with E-state index in [0.717, 1.165) is 48.9 Å². The number of rotatable bonds is 11. The minimum atomic E-state index is -0.739. The highest BCUT2D eigenvalue weighted by Gasteiger charge is 2.04. The van der Waals surface area contributed by atoms with E-state index >= 15 is 0 Å². The number of carbonyl (C=O) groups is 1. The maximum absolute atomic E-state index is 10.4. The number of nitrogens with zero attached hydrogens (tertiary/aromatic N) is 2. The number of hydrazine groups is 1. The van der Waals surface area contributed by atoms with E-state index in [-0.39, 0.29) is 12.4 Å². The number of carboxylic acid groups (broad SMARTS) is 1. The zero-order valence-electron chi connectivity index (χ0n) is 12.9. The van der Waals surface area contributed by atoms with Crippen LogP contribution in [0.2, 0.25) is 0 Å². The lowest BCUT2D eigenvalue weighted by Crippen LogP contribution is -2.37. The van der Waals surface area contributed by atoms with Gasteiger partial charge in [-0.1, -0.05) is 25.0 Å². The van der Waals surface area contributed by atoms with Gasteiger partial charge in [0, 0.05) is 23.3 Å². The van der Waals surface area contributed by atoms with Crippen molar-refractivity contribution in [2.24, 2.45) is 16.6 Å². The van der Waals surface area contributed by atoms with Crippen molar-refractivity contribution in [2.45, 2.75) is 45.4 Å². The molecule has 124 valence electrons. The molecule has 0 saturated heterocycles. The molecule has 0 rings (SSSR count). The Morgan fingerprint density at radius 2 is 1.95 bits per heavy atom. The molecule has 6 N–H and O–H groups in total. The number of hydrogen-bond acceptors (Lipinski definition) is 4. The molecule has 0 aromatic heterocycles. The number of nitrogens with one attached hydrogen (secondary N) is 1. The van der Waals surface area contributed by atoms with Gasteiger partial charge < -0.3 is 10.8 Å². The van der Waals surface area contributed by atoms with E-state index in [4.69, 9.17) is 22.1 Å². The molecule has 0 bridgehead atoms. The Morgan fingerprint density at radius 3 is 2.50 bits per heavy atom. The number of guanidine groups is 1. The van der Waals surface area contributed by atoms with Gasteiger partial charge in [0.25, 0.3) is 0 Å². The van der Waals surface area contributed by atoms with Crippen molar-refractivity contribution in [1.82, 2.24) is 4.41 Å². The third-order valence-electron chi connectivity index (χ3n) is 2.71. The highest BCUT2D eigenvalue weighted by molar-refractivity contribution is 8.01. The Balaban J connectivity index is 3.99. The average Bonchev–Trinajstić information content (AvgIpc) is 2.42. The number of carboxylic acids is 1. The normalized spacial score (nSPS) is 12.1. The number of unbranched alkanes of at least 4 members (excludes halogenated alkanes) is 3. The van der Waals surface area contributed by atoms with E-state index in [1.807, 2.05) is 13.0 Å². The first-order chi connectivity index (χ1) is 10.4. The standard InChI is InChI=1S/C14H25N5O2S/c1-11(7-5-3-4-6-8-13(20)21)9-12(2)22-19(17)14(16)18-10-15/h9-10H,1,3-8,17H2,2H3,(H,20,21)(H3,15,16,18)/b12-9+. The highest BCUT2D eigenvalue weighted by atomic mass is 32.2. The third-order valence-corrected chi connectivity index (χ3v) is 3.50. The lowest BCUT2D eigenvalue weighted by Gasteiger charge is -2.15. The lowest BCUT2D eigenvalue weighted by atomic mass is 10.1. The zero-order chi connectivity index (χ0) is 17.0. The van der Waals surface area contributed by atoms with E-state index in [2.05, 4.69) is 11.6 Å². The van der Waals surface area contributed by atoms with Gasteiger partial charge >= 0.3 is 5.97 Å². The maximum atomic E-state index is 10.4. The monoisotopic (exact) mass is 327 g/mol. The van der Waals surface area contributed by atoms with Crippen molar-refractivity contribution < 1.29 is 9.90 Å². The number of aliphatic carboxylic acids is 1. The van der Waals surface area contributed by atoms with Crippen molar-refractivity contribution in [1.29, 1.82) is 5.41 Å². The molecule has 22 heavy (non-hydrogen) atoms. The van der Waals surface area contributed by atoms with Gasteiger partial charge in [-0.05, 0) is 32.3 Å². The molecule has 0 aromatic rings. The molecule has 0 amide bonds. The summed E-state index contributed by atoms with van der Waals surface area (Å²) in [6.07, 6.45) is 7.48. The Hall–Kier alpha value is -1.80. The van der Waals surface area contributed by atoms with Gasteiger partial charge in [0.05, 0.1) is 0 Å². The van der Waals surface area contributed by atoms with Crippen molar-refractivity contribution in [3.05, 3.63) is 23.1 Å². The molecule has 0 aliphatic heterocycles. The molecule has 0 aliphatic rings. The van der Waals surface area contributed by atoms with Gasteiger partial charge in [0.1, 0.15) is 6.34 Å². The second-order valence-corrected chi connectivity index (χ2v) is 5.97. The number of aliphatic imine (C=N–C) groups is 1. The van der Waals surface area contributed by atoms with Crippen molar-refractivity contribution in [2.75, 3.05) is 0 Å². The SMILES string of the molecule is C=C(/C=C(\C)SN(N)C(N)=NC=N)CCCCCCC(=O)O. The maximum Gasteiger partial charge on any atom is 0.303 e. The van der Waals surface area contributed by atoms with Gasteiger partial charge in [-0.3, -0.25) is 10.2 Å². The van der Waals surface area contributed by atoms with Crippen molar-refractivity contribution >= 4 is 30.2 Å². The number of hydrogen-bond donors (Lipinski definition) is 4. The number of nitrogens with two attached hydrogens (primary N) is 2. The molecular weight excluding hydrogens is 302 g/mol. The van der Waals surface area contributed by atoms with Crippen LogP contribution in [-0.2, 0) is 4.79 Å². The topological polar surface area (TPSA) is 129 Å². The minimum Gasteiger partial charge on any atom is -0.481 e. The van der Waals surface area contributed by atoms with Crippen LogP contribution in [0.3, 0.4) is 0 Å². The minimum absolute atomic E-state index is 0.0526. The molecule has 8 heteroatoms. The average molecular weight is 327 g/mol. The van der Waals surface area contributed by atoms with E-state index in [1.165, 1.54) is 16.4 Å². The van der Waals surface area contributed by atoms with E-state index in [0.29, 0.717) is 0 Å². The quantitative estimate of drug-likeness (QED) is 0.0878. The Labute approximate surface area is 135 Å². The lowest BCUT2D eigenvalue weighted by molar-refractivity contribution is -0.137. The molecular formula is C14H25N5O2S. The summed E-state index contributed by atoms with van der Waals surface area (Å²) >= 11 is 1.21. The Morgan fingerprint density at radius 1 is 1.36 bits per heavy atom. The zero-order valence-corrected chi connectivity index (χ0v) is 13.7. The summed E-state index contributed by atoms with van der Waals surface area (Å²) in [4.78, 5) is 14.9. The molecule has 0 atom stereocenters. The highest BCUT2D eigenvalue weighted by Crippen LogP contribution is 2.20. The summed E-state index contributed by atoms with van der Waals surface area (Å²) in [7, 11) is 0. The summed E-state index contributed by atoms with van der Waals surface area (Å²) in [5, 5.41) is 15.4.